The molecule has 1 aromatic carbocycles. The molecule has 3 aliphatic rings. The smallest absolute Gasteiger partial charge is 0.255 e. The van der Waals surface area contributed by atoms with Gasteiger partial charge in [-0.25, -0.2) is 0 Å². The number of amides is 3. The van der Waals surface area contributed by atoms with Gasteiger partial charge in [-0.05, 0) is 56.0 Å². The third-order valence-electron chi connectivity index (χ3n) is 5.95. The molecule has 2 N–H and O–H groups in total. The lowest BCUT2D eigenvalue weighted by molar-refractivity contribution is -0.136. The monoisotopic (exact) mass is 385 g/mol. The van der Waals surface area contributed by atoms with Gasteiger partial charge in [0, 0.05) is 24.6 Å². The van der Waals surface area contributed by atoms with Gasteiger partial charge in [0.1, 0.15) is 17.9 Å². The maximum Gasteiger partial charge on any atom is 0.255 e. The molecule has 2 fully saturated rings. The van der Waals surface area contributed by atoms with Crippen LogP contribution in [-0.4, -0.2) is 47.4 Å². The van der Waals surface area contributed by atoms with Crippen LogP contribution in [-0.2, 0) is 16.1 Å². The summed E-state index contributed by atoms with van der Waals surface area (Å²) < 4.78 is 6.28. The first-order valence-electron chi connectivity index (χ1n) is 10.2. The Kier molecular flexibility index (Phi) is 5.35. The number of piperidine rings is 1. The van der Waals surface area contributed by atoms with Crippen LogP contribution in [0.4, 0.5) is 0 Å². The van der Waals surface area contributed by atoms with Crippen LogP contribution in [0.1, 0.15) is 61.4 Å². The highest BCUT2D eigenvalue weighted by atomic mass is 16.5. The summed E-state index contributed by atoms with van der Waals surface area (Å²) in [5.41, 5.74) is 1.49. The summed E-state index contributed by atoms with van der Waals surface area (Å²) in [5.74, 6) is -0.0425. The molecule has 7 nitrogen and oxygen atoms in total. The van der Waals surface area contributed by atoms with Crippen molar-refractivity contribution in [2.24, 2.45) is 0 Å². The Labute approximate surface area is 164 Å². The van der Waals surface area contributed by atoms with E-state index in [1.807, 2.05) is 12.1 Å². The van der Waals surface area contributed by atoms with Crippen LogP contribution in [0.15, 0.2) is 18.2 Å². The zero-order valence-corrected chi connectivity index (χ0v) is 16.2. The SMILES string of the molecule is CCN[C@@H]1CCCC[C@@H]1Oc1ccc2c(c1)CN(C1CCC(=O)NC1=O)C2=O. The molecule has 0 spiro atoms. The fourth-order valence-electron chi connectivity index (χ4n) is 4.53. The van der Waals surface area contributed by atoms with E-state index in [4.69, 9.17) is 4.74 Å². The van der Waals surface area contributed by atoms with Crippen molar-refractivity contribution in [2.75, 3.05) is 6.54 Å². The Morgan fingerprint density at radius 2 is 2.00 bits per heavy atom. The van der Waals surface area contributed by atoms with Crippen LogP contribution < -0.4 is 15.4 Å². The minimum absolute atomic E-state index is 0.134. The van der Waals surface area contributed by atoms with Gasteiger partial charge in [0.05, 0.1) is 0 Å². The van der Waals surface area contributed by atoms with Crippen molar-refractivity contribution in [3.8, 4) is 5.75 Å². The Hall–Kier alpha value is -2.41. The lowest BCUT2D eigenvalue weighted by Crippen LogP contribution is -2.52. The van der Waals surface area contributed by atoms with Crippen LogP contribution in [0.2, 0.25) is 0 Å². The molecule has 0 aromatic heterocycles. The van der Waals surface area contributed by atoms with Gasteiger partial charge in [0.25, 0.3) is 5.91 Å². The predicted octanol–water partition coefficient (Wildman–Crippen LogP) is 1.75. The van der Waals surface area contributed by atoms with Gasteiger partial charge >= 0.3 is 0 Å². The molecule has 0 bridgehead atoms. The topological polar surface area (TPSA) is 87.7 Å². The Morgan fingerprint density at radius 1 is 1.18 bits per heavy atom. The van der Waals surface area contributed by atoms with Crippen LogP contribution in [0.25, 0.3) is 0 Å². The fraction of sp³-hybridized carbons (Fsp3) is 0.571. The second-order valence-corrected chi connectivity index (χ2v) is 7.82. The number of hydrogen-bond donors (Lipinski definition) is 2. The minimum Gasteiger partial charge on any atom is -0.489 e. The molecular weight excluding hydrogens is 358 g/mol. The molecule has 2 aliphatic heterocycles. The lowest BCUT2D eigenvalue weighted by atomic mass is 9.92. The van der Waals surface area contributed by atoms with E-state index in [9.17, 15) is 14.4 Å². The molecule has 1 saturated heterocycles. The van der Waals surface area contributed by atoms with Crippen LogP contribution in [0.3, 0.4) is 0 Å². The van der Waals surface area contributed by atoms with Crippen LogP contribution >= 0.6 is 0 Å². The number of imide groups is 1. The maximum atomic E-state index is 12.8. The largest absolute Gasteiger partial charge is 0.489 e. The quantitative estimate of drug-likeness (QED) is 0.754. The molecular formula is C21H27N3O4. The number of benzene rings is 1. The molecule has 0 radical (unpaired) electrons. The summed E-state index contributed by atoms with van der Waals surface area (Å²) in [5, 5.41) is 5.85. The summed E-state index contributed by atoms with van der Waals surface area (Å²) in [6, 6.07) is 5.34. The van der Waals surface area contributed by atoms with Gasteiger partial charge in [-0.3, -0.25) is 19.7 Å². The normalized spacial score (nSPS) is 27.5. The van der Waals surface area contributed by atoms with Crippen molar-refractivity contribution < 1.29 is 19.1 Å². The molecule has 3 amide bonds. The van der Waals surface area contributed by atoms with Crippen molar-refractivity contribution >= 4 is 17.7 Å². The molecule has 3 atom stereocenters. The predicted molar refractivity (Wildman–Crippen MR) is 103 cm³/mol. The average molecular weight is 385 g/mol. The number of rotatable bonds is 5. The number of fused-ring (bicyclic) bond motifs is 1. The second-order valence-electron chi connectivity index (χ2n) is 7.82. The van der Waals surface area contributed by atoms with Gasteiger partial charge < -0.3 is 15.0 Å². The first kappa shape index (κ1) is 18.9. The highest BCUT2D eigenvalue weighted by Gasteiger charge is 2.39. The highest BCUT2D eigenvalue weighted by Crippen LogP contribution is 2.31. The van der Waals surface area contributed by atoms with E-state index < -0.39 is 6.04 Å². The maximum absolute atomic E-state index is 12.8. The van der Waals surface area contributed by atoms with Gasteiger partial charge in [-0.1, -0.05) is 13.3 Å². The van der Waals surface area contributed by atoms with Crippen LogP contribution in [0.5, 0.6) is 5.75 Å². The van der Waals surface area contributed by atoms with E-state index in [2.05, 4.69) is 17.6 Å². The molecule has 1 aliphatic carbocycles. The highest BCUT2D eigenvalue weighted by molar-refractivity contribution is 6.05. The zero-order chi connectivity index (χ0) is 19.7. The summed E-state index contributed by atoms with van der Waals surface area (Å²) in [6.07, 6.45) is 5.30. The molecule has 28 heavy (non-hydrogen) atoms. The number of nitrogens with zero attached hydrogens (tertiary/aromatic N) is 1. The first-order valence-corrected chi connectivity index (χ1v) is 10.2. The van der Waals surface area contributed by atoms with Crippen molar-refractivity contribution in [3.63, 3.8) is 0 Å². The third-order valence-corrected chi connectivity index (χ3v) is 5.95. The van der Waals surface area contributed by atoms with Gasteiger partial charge in [0.15, 0.2) is 0 Å². The number of carbonyl (C=O) groups is 3. The van der Waals surface area contributed by atoms with E-state index in [0.717, 1.165) is 30.7 Å². The van der Waals surface area contributed by atoms with Gasteiger partial charge in [-0.2, -0.15) is 0 Å². The number of likely N-dealkylation sites (N-methyl/N-ethyl adjacent to an activating group) is 1. The van der Waals surface area contributed by atoms with Crippen molar-refractivity contribution in [1.29, 1.82) is 0 Å². The molecule has 4 rings (SSSR count). The number of nitrogens with one attached hydrogen (secondary N) is 2. The van der Waals surface area contributed by atoms with E-state index in [1.165, 1.54) is 12.8 Å². The Balaban J connectivity index is 1.48. The minimum atomic E-state index is -0.585. The zero-order valence-electron chi connectivity index (χ0n) is 16.2. The number of carbonyl (C=O) groups excluding carboxylic acids is 3. The third kappa shape index (κ3) is 3.63. The van der Waals surface area contributed by atoms with E-state index in [0.29, 0.717) is 24.6 Å². The molecule has 1 aromatic rings. The molecule has 150 valence electrons. The Morgan fingerprint density at radius 3 is 2.79 bits per heavy atom. The standard InChI is InChI=1S/C21H27N3O4/c1-2-22-16-5-3-4-6-18(16)28-14-7-8-15-13(11-14)12-24(21(15)27)17-9-10-19(25)23-20(17)26/h7-8,11,16-18,22H,2-6,9-10,12H2,1H3,(H,23,25,26)/t16-,17?,18+/m1/s1. The molecule has 7 heteroatoms. The van der Waals surface area contributed by atoms with Gasteiger partial charge in [0.2, 0.25) is 11.8 Å². The average Bonchev–Trinajstić information content (AvgIpc) is 2.99. The number of hydrogen-bond acceptors (Lipinski definition) is 5. The second kappa shape index (κ2) is 7.91. The summed E-state index contributed by atoms with van der Waals surface area (Å²) in [6.45, 7) is 3.40. The Bertz CT molecular complexity index is 792. The summed E-state index contributed by atoms with van der Waals surface area (Å²) in [4.78, 5) is 37.9. The van der Waals surface area contributed by atoms with Crippen molar-refractivity contribution in [1.82, 2.24) is 15.5 Å². The summed E-state index contributed by atoms with van der Waals surface area (Å²) in [7, 11) is 0. The van der Waals surface area contributed by atoms with E-state index >= 15 is 0 Å². The van der Waals surface area contributed by atoms with E-state index in [1.54, 1.807) is 11.0 Å². The van der Waals surface area contributed by atoms with E-state index in [-0.39, 0.29) is 30.2 Å². The van der Waals surface area contributed by atoms with Crippen LogP contribution in [0, 0.1) is 0 Å². The fourth-order valence-corrected chi connectivity index (χ4v) is 4.53. The molecule has 2 heterocycles. The van der Waals surface area contributed by atoms with Crippen molar-refractivity contribution in [3.05, 3.63) is 29.3 Å². The van der Waals surface area contributed by atoms with Crippen molar-refractivity contribution in [2.45, 2.75) is 70.2 Å². The molecule has 1 unspecified atom stereocenters. The molecule has 1 saturated carbocycles. The number of ether oxygens (including phenoxy) is 1. The lowest BCUT2D eigenvalue weighted by Gasteiger charge is -2.32. The van der Waals surface area contributed by atoms with Gasteiger partial charge in [-0.15, -0.1) is 0 Å². The summed E-state index contributed by atoms with van der Waals surface area (Å²) >= 11 is 0. The first-order chi connectivity index (χ1) is 13.6.